The Bertz CT molecular complexity index is 544. The molecule has 1 aromatic heterocycles. The van der Waals surface area contributed by atoms with Crippen molar-refractivity contribution in [1.82, 2.24) is 14.5 Å². The summed E-state index contributed by atoms with van der Waals surface area (Å²) >= 11 is 0. The monoisotopic (exact) mass is 269 g/mol. The molecule has 0 radical (unpaired) electrons. The van der Waals surface area contributed by atoms with Crippen LogP contribution in [0.3, 0.4) is 0 Å². The molecule has 0 amide bonds. The molecule has 2 heterocycles. The Kier molecular flexibility index (Phi) is 4.23. The maximum atomic E-state index is 11.7. The maximum Gasteiger partial charge on any atom is 0.329 e. The van der Waals surface area contributed by atoms with Crippen molar-refractivity contribution in [2.75, 3.05) is 50.4 Å². The van der Waals surface area contributed by atoms with Gasteiger partial charge in [-0.3, -0.25) is 19.2 Å². The Morgan fingerprint density at radius 2 is 2.05 bits per heavy atom. The summed E-state index contributed by atoms with van der Waals surface area (Å²) in [6.07, 6.45) is 0. The van der Waals surface area contributed by atoms with Crippen LogP contribution in [0.15, 0.2) is 9.59 Å². The van der Waals surface area contributed by atoms with E-state index < -0.39 is 11.2 Å². The van der Waals surface area contributed by atoms with Crippen LogP contribution in [-0.2, 0) is 11.8 Å². The fourth-order valence-corrected chi connectivity index (χ4v) is 1.97. The third kappa shape index (κ3) is 3.15. The third-order valence-corrected chi connectivity index (χ3v) is 3.20. The van der Waals surface area contributed by atoms with E-state index in [4.69, 9.17) is 10.5 Å². The van der Waals surface area contributed by atoms with Gasteiger partial charge in [0.25, 0.3) is 5.56 Å². The zero-order valence-corrected chi connectivity index (χ0v) is 10.9. The maximum absolute atomic E-state index is 11.7. The first kappa shape index (κ1) is 13.6. The molecular weight excluding hydrogens is 250 g/mol. The molecule has 0 aromatic carbocycles. The fourth-order valence-electron chi connectivity index (χ4n) is 1.97. The summed E-state index contributed by atoms with van der Waals surface area (Å²) in [6, 6.07) is 0. The van der Waals surface area contributed by atoms with E-state index in [1.165, 1.54) is 11.6 Å². The average molecular weight is 269 g/mol. The lowest BCUT2D eigenvalue weighted by Crippen LogP contribution is -2.40. The van der Waals surface area contributed by atoms with E-state index in [0.717, 1.165) is 32.8 Å². The molecule has 1 aromatic rings. The van der Waals surface area contributed by atoms with Gasteiger partial charge in [-0.15, -0.1) is 0 Å². The van der Waals surface area contributed by atoms with Crippen LogP contribution in [0.1, 0.15) is 0 Å². The molecular formula is C11H19N5O3. The van der Waals surface area contributed by atoms with E-state index in [9.17, 15) is 9.59 Å². The number of anilines is 2. The molecule has 1 aliphatic rings. The Hall–Kier alpha value is -1.80. The summed E-state index contributed by atoms with van der Waals surface area (Å²) < 4.78 is 6.46. The number of nitrogens with one attached hydrogen (secondary N) is 2. The quantitative estimate of drug-likeness (QED) is 0.608. The van der Waals surface area contributed by atoms with Gasteiger partial charge in [0.15, 0.2) is 0 Å². The van der Waals surface area contributed by atoms with Gasteiger partial charge >= 0.3 is 5.69 Å². The van der Waals surface area contributed by atoms with Gasteiger partial charge in [-0.1, -0.05) is 0 Å². The number of nitrogen functional groups attached to an aromatic ring is 1. The molecule has 8 heteroatoms. The average Bonchev–Trinajstić information content (AvgIpc) is 2.41. The number of nitrogens with two attached hydrogens (primary N) is 1. The topological polar surface area (TPSA) is 105 Å². The predicted octanol–water partition coefficient (Wildman–Crippen LogP) is -1.60. The molecule has 0 unspecified atom stereocenters. The number of ether oxygens (including phenoxy) is 1. The minimum atomic E-state index is -0.513. The molecule has 1 fully saturated rings. The molecule has 0 aliphatic carbocycles. The highest BCUT2D eigenvalue weighted by atomic mass is 16.5. The Balaban J connectivity index is 1.98. The molecule has 4 N–H and O–H groups in total. The van der Waals surface area contributed by atoms with Gasteiger partial charge in [0.05, 0.1) is 13.2 Å². The highest BCUT2D eigenvalue weighted by Gasteiger charge is 2.12. The van der Waals surface area contributed by atoms with E-state index in [-0.39, 0.29) is 11.5 Å². The van der Waals surface area contributed by atoms with Crippen LogP contribution in [0.5, 0.6) is 0 Å². The lowest BCUT2D eigenvalue weighted by molar-refractivity contribution is 0.0398. The Morgan fingerprint density at radius 3 is 2.74 bits per heavy atom. The van der Waals surface area contributed by atoms with Gasteiger partial charge in [-0.25, -0.2) is 4.79 Å². The molecule has 0 spiro atoms. The van der Waals surface area contributed by atoms with E-state index in [1.54, 1.807) is 0 Å². The number of aromatic amines is 1. The third-order valence-electron chi connectivity index (χ3n) is 3.20. The second kappa shape index (κ2) is 5.89. The lowest BCUT2D eigenvalue weighted by atomic mass is 10.4. The fraction of sp³-hybridized carbons (Fsp3) is 0.636. The van der Waals surface area contributed by atoms with Gasteiger partial charge < -0.3 is 15.8 Å². The molecule has 2 rings (SSSR count). The summed E-state index contributed by atoms with van der Waals surface area (Å²) in [5, 5.41) is 2.99. The van der Waals surface area contributed by atoms with E-state index in [0.29, 0.717) is 6.54 Å². The van der Waals surface area contributed by atoms with Crippen molar-refractivity contribution in [2.45, 2.75) is 0 Å². The minimum Gasteiger partial charge on any atom is -0.383 e. The highest BCUT2D eigenvalue weighted by molar-refractivity contribution is 5.60. The van der Waals surface area contributed by atoms with Crippen LogP contribution < -0.4 is 22.3 Å². The van der Waals surface area contributed by atoms with Crippen molar-refractivity contribution in [1.29, 1.82) is 0 Å². The lowest BCUT2D eigenvalue weighted by Gasteiger charge is -2.26. The van der Waals surface area contributed by atoms with Gasteiger partial charge in [-0.2, -0.15) is 0 Å². The van der Waals surface area contributed by atoms with Crippen LogP contribution in [0, 0.1) is 0 Å². The van der Waals surface area contributed by atoms with Gasteiger partial charge in [0.2, 0.25) is 0 Å². The number of hydrogen-bond donors (Lipinski definition) is 3. The van der Waals surface area contributed by atoms with Crippen molar-refractivity contribution < 1.29 is 4.74 Å². The van der Waals surface area contributed by atoms with Gasteiger partial charge in [0, 0.05) is 33.2 Å². The van der Waals surface area contributed by atoms with Crippen LogP contribution in [0.2, 0.25) is 0 Å². The predicted molar refractivity (Wildman–Crippen MR) is 72.5 cm³/mol. The first-order chi connectivity index (χ1) is 9.09. The van der Waals surface area contributed by atoms with Crippen molar-refractivity contribution in [3.8, 4) is 0 Å². The summed E-state index contributed by atoms with van der Waals surface area (Å²) in [5.74, 6) is 0.149. The Labute approximate surface area is 110 Å². The molecule has 8 nitrogen and oxygen atoms in total. The Morgan fingerprint density at radius 1 is 1.37 bits per heavy atom. The number of morpholine rings is 1. The summed E-state index contributed by atoms with van der Waals surface area (Å²) in [5.41, 5.74) is 5.00. The van der Waals surface area contributed by atoms with Crippen LogP contribution in [-0.4, -0.2) is 53.8 Å². The normalized spacial score (nSPS) is 16.5. The SMILES string of the molecule is Cn1c(N)c(NCCN2CCOCC2)c(=O)[nH]c1=O. The van der Waals surface area contributed by atoms with Gasteiger partial charge in [-0.05, 0) is 0 Å². The number of hydrogen-bond acceptors (Lipinski definition) is 6. The smallest absolute Gasteiger partial charge is 0.329 e. The van der Waals surface area contributed by atoms with Crippen molar-refractivity contribution in [3.63, 3.8) is 0 Å². The zero-order chi connectivity index (χ0) is 13.8. The number of aromatic nitrogens is 2. The van der Waals surface area contributed by atoms with Crippen LogP contribution >= 0.6 is 0 Å². The van der Waals surface area contributed by atoms with E-state index in [2.05, 4.69) is 15.2 Å². The standard InChI is InChI=1S/C11H19N5O3/c1-15-9(12)8(10(17)14-11(15)18)13-2-3-16-4-6-19-7-5-16/h13H,2-7,12H2,1H3,(H,14,17,18). The number of rotatable bonds is 4. The zero-order valence-electron chi connectivity index (χ0n) is 10.9. The first-order valence-corrected chi connectivity index (χ1v) is 6.22. The van der Waals surface area contributed by atoms with Crippen molar-refractivity contribution >= 4 is 11.5 Å². The molecule has 0 atom stereocenters. The van der Waals surface area contributed by atoms with Crippen molar-refractivity contribution in [3.05, 3.63) is 20.8 Å². The minimum absolute atomic E-state index is 0.149. The van der Waals surface area contributed by atoms with E-state index >= 15 is 0 Å². The number of nitrogens with zero attached hydrogens (tertiary/aromatic N) is 2. The molecule has 1 aliphatic heterocycles. The first-order valence-electron chi connectivity index (χ1n) is 6.22. The molecule has 1 saturated heterocycles. The second-order valence-electron chi connectivity index (χ2n) is 4.46. The number of H-pyrrole nitrogens is 1. The largest absolute Gasteiger partial charge is 0.383 e. The van der Waals surface area contributed by atoms with Crippen molar-refractivity contribution in [2.24, 2.45) is 7.05 Å². The van der Waals surface area contributed by atoms with Gasteiger partial charge in [0.1, 0.15) is 11.5 Å². The van der Waals surface area contributed by atoms with Crippen LogP contribution in [0.4, 0.5) is 11.5 Å². The molecule has 0 bridgehead atoms. The van der Waals surface area contributed by atoms with Crippen LogP contribution in [0.25, 0.3) is 0 Å². The summed E-state index contributed by atoms with van der Waals surface area (Å²) in [7, 11) is 1.51. The second-order valence-corrected chi connectivity index (χ2v) is 4.46. The molecule has 0 saturated carbocycles. The molecule has 106 valence electrons. The summed E-state index contributed by atoms with van der Waals surface area (Å²) in [4.78, 5) is 27.4. The highest BCUT2D eigenvalue weighted by Crippen LogP contribution is 2.07. The summed E-state index contributed by atoms with van der Waals surface area (Å²) in [6.45, 7) is 4.64. The molecule has 19 heavy (non-hydrogen) atoms. The van der Waals surface area contributed by atoms with E-state index in [1.807, 2.05) is 0 Å².